The largest absolute Gasteiger partial charge is 0.385 e. The van der Waals surface area contributed by atoms with Crippen molar-refractivity contribution in [1.82, 2.24) is 9.55 Å². The Balaban J connectivity index is 1.82. The molecule has 1 aromatic rings. The van der Waals surface area contributed by atoms with Gasteiger partial charge in [0.25, 0.3) is 0 Å². The van der Waals surface area contributed by atoms with Crippen LogP contribution in [0.4, 0.5) is 0 Å². The highest BCUT2D eigenvalue weighted by Gasteiger charge is 2.18. The summed E-state index contributed by atoms with van der Waals surface area (Å²) >= 11 is 0. The van der Waals surface area contributed by atoms with Gasteiger partial charge < -0.3 is 14.4 Å². The number of aliphatic hydroxyl groups excluding tert-OH is 1. The minimum absolute atomic E-state index is 0.337. The number of rotatable bonds is 5. The molecule has 0 aliphatic carbocycles. The van der Waals surface area contributed by atoms with E-state index in [9.17, 15) is 5.11 Å². The molecule has 0 spiro atoms. The number of ether oxygens (including phenoxy) is 1. The third kappa shape index (κ3) is 3.30. The first-order chi connectivity index (χ1) is 8.31. The third-order valence-corrected chi connectivity index (χ3v) is 3.42. The lowest BCUT2D eigenvalue weighted by atomic mass is 10.0. The van der Waals surface area contributed by atoms with Crippen LogP contribution in [0.5, 0.6) is 0 Å². The standard InChI is InChI=1S/C13H22N2O2/c1-2-15-9-8-14-13(15)12(16)7-6-11-5-3-4-10-17-11/h8-9,11-12,16H,2-7,10H2,1H3. The van der Waals surface area contributed by atoms with E-state index in [1.165, 1.54) is 12.8 Å². The number of imidazole rings is 1. The van der Waals surface area contributed by atoms with Crippen LogP contribution in [0.15, 0.2) is 12.4 Å². The molecule has 1 aliphatic rings. The molecule has 0 aromatic carbocycles. The molecule has 0 bridgehead atoms. The number of aromatic nitrogens is 2. The van der Waals surface area contributed by atoms with Crippen molar-refractivity contribution in [3.05, 3.63) is 18.2 Å². The summed E-state index contributed by atoms with van der Waals surface area (Å²) in [6.45, 7) is 3.79. The summed E-state index contributed by atoms with van der Waals surface area (Å²) < 4.78 is 7.66. The van der Waals surface area contributed by atoms with Crippen molar-refractivity contribution in [2.24, 2.45) is 0 Å². The molecule has 0 radical (unpaired) electrons. The Bertz CT molecular complexity index is 332. The summed E-state index contributed by atoms with van der Waals surface area (Å²) in [4.78, 5) is 4.22. The van der Waals surface area contributed by atoms with Crippen molar-refractivity contribution < 1.29 is 9.84 Å². The number of nitrogens with zero attached hydrogens (tertiary/aromatic N) is 2. The summed E-state index contributed by atoms with van der Waals surface area (Å²) in [7, 11) is 0. The second-order valence-corrected chi connectivity index (χ2v) is 4.65. The lowest BCUT2D eigenvalue weighted by Gasteiger charge is -2.23. The van der Waals surface area contributed by atoms with Gasteiger partial charge in [-0.1, -0.05) is 0 Å². The minimum Gasteiger partial charge on any atom is -0.385 e. The molecule has 0 saturated carbocycles. The fourth-order valence-electron chi connectivity index (χ4n) is 2.39. The van der Waals surface area contributed by atoms with E-state index in [0.717, 1.165) is 38.2 Å². The van der Waals surface area contributed by atoms with Crippen LogP contribution in [-0.4, -0.2) is 27.4 Å². The molecular weight excluding hydrogens is 216 g/mol. The summed E-state index contributed by atoms with van der Waals surface area (Å²) in [5.74, 6) is 0.781. The van der Waals surface area contributed by atoms with Gasteiger partial charge in [0.1, 0.15) is 11.9 Å². The molecule has 1 saturated heterocycles. The third-order valence-electron chi connectivity index (χ3n) is 3.42. The van der Waals surface area contributed by atoms with Crippen LogP contribution in [0.3, 0.4) is 0 Å². The van der Waals surface area contributed by atoms with E-state index in [1.54, 1.807) is 6.20 Å². The number of aryl methyl sites for hydroxylation is 1. The molecule has 1 aliphatic heterocycles. The fourth-order valence-corrected chi connectivity index (χ4v) is 2.39. The predicted molar refractivity (Wildman–Crippen MR) is 65.7 cm³/mol. The van der Waals surface area contributed by atoms with Crippen molar-refractivity contribution >= 4 is 0 Å². The van der Waals surface area contributed by atoms with E-state index < -0.39 is 6.10 Å². The van der Waals surface area contributed by atoms with Gasteiger partial charge in [0.2, 0.25) is 0 Å². The van der Waals surface area contributed by atoms with Crippen molar-refractivity contribution in [3.8, 4) is 0 Å². The second kappa shape index (κ2) is 6.17. The maximum atomic E-state index is 10.1. The van der Waals surface area contributed by atoms with Gasteiger partial charge >= 0.3 is 0 Å². The molecule has 2 rings (SSSR count). The zero-order valence-electron chi connectivity index (χ0n) is 10.5. The Morgan fingerprint density at radius 1 is 1.59 bits per heavy atom. The lowest BCUT2D eigenvalue weighted by Crippen LogP contribution is -2.20. The van der Waals surface area contributed by atoms with Crippen LogP contribution in [0, 0.1) is 0 Å². The second-order valence-electron chi connectivity index (χ2n) is 4.65. The Morgan fingerprint density at radius 2 is 2.47 bits per heavy atom. The van der Waals surface area contributed by atoms with E-state index in [2.05, 4.69) is 11.9 Å². The molecule has 1 aromatic heterocycles. The first-order valence-corrected chi connectivity index (χ1v) is 6.62. The molecule has 0 amide bonds. The van der Waals surface area contributed by atoms with Crippen LogP contribution in [0.25, 0.3) is 0 Å². The summed E-state index contributed by atoms with van der Waals surface area (Å²) in [6, 6.07) is 0. The molecule has 96 valence electrons. The Kier molecular flexibility index (Phi) is 4.57. The molecule has 17 heavy (non-hydrogen) atoms. The summed E-state index contributed by atoms with van der Waals surface area (Å²) in [5, 5.41) is 10.1. The first kappa shape index (κ1) is 12.6. The van der Waals surface area contributed by atoms with E-state index in [0.29, 0.717) is 6.10 Å². The van der Waals surface area contributed by atoms with E-state index in [-0.39, 0.29) is 0 Å². The first-order valence-electron chi connectivity index (χ1n) is 6.62. The molecule has 1 N–H and O–H groups in total. The average Bonchev–Trinajstić information content (AvgIpc) is 2.85. The number of hydrogen-bond donors (Lipinski definition) is 1. The highest BCUT2D eigenvalue weighted by molar-refractivity contribution is 4.96. The van der Waals surface area contributed by atoms with E-state index in [4.69, 9.17) is 4.74 Å². The average molecular weight is 238 g/mol. The molecule has 4 heteroatoms. The van der Waals surface area contributed by atoms with Gasteiger partial charge in [-0.2, -0.15) is 0 Å². The minimum atomic E-state index is -0.463. The van der Waals surface area contributed by atoms with Crippen molar-refractivity contribution in [1.29, 1.82) is 0 Å². The van der Waals surface area contributed by atoms with Crippen LogP contribution < -0.4 is 0 Å². The van der Waals surface area contributed by atoms with Crippen LogP contribution >= 0.6 is 0 Å². The Hall–Kier alpha value is -0.870. The van der Waals surface area contributed by atoms with Crippen molar-refractivity contribution in [2.45, 2.75) is 57.8 Å². The van der Waals surface area contributed by atoms with Crippen molar-refractivity contribution in [2.75, 3.05) is 6.61 Å². The molecule has 2 unspecified atom stereocenters. The maximum Gasteiger partial charge on any atom is 0.137 e. The number of hydrogen-bond acceptors (Lipinski definition) is 3. The highest BCUT2D eigenvalue weighted by Crippen LogP contribution is 2.22. The maximum absolute atomic E-state index is 10.1. The van der Waals surface area contributed by atoms with Gasteiger partial charge in [-0.3, -0.25) is 0 Å². The van der Waals surface area contributed by atoms with Gasteiger partial charge in [-0.25, -0.2) is 4.98 Å². The predicted octanol–water partition coefficient (Wildman–Crippen LogP) is 2.29. The molecule has 2 heterocycles. The monoisotopic (exact) mass is 238 g/mol. The Labute approximate surface area is 103 Å². The van der Waals surface area contributed by atoms with Gasteiger partial charge in [-0.15, -0.1) is 0 Å². The summed E-state index contributed by atoms with van der Waals surface area (Å²) in [6.07, 6.45) is 8.77. The van der Waals surface area contributed by atoms with Gasteiger partial charge in [-0.05, 0) is 39.0 Å². The number of aliphatic hydroxyl groups is 1. The molecule has 1 fully saturated rings. The normalized spacial score (nSPS) is 22.6. The van der Waals surface area contributed by atoms with Gasteiger partial charge in [0, 0.05) is 25.5 Å². The molecular formula is C13H22N2O2. The van der Waals surface area contributed by atoms with E-state index in [1.807, 2.05) is 10.8 Å². The van der Waals surface area contributed by atoms with Crippen molar-refractivity contribution in [3.63, 3.8) is 0 Å². The Morgan fingerprint density at radius 3 is 3.18 bits per heavy atom. The summed E-state index contributed by atoms with van der Waals surface area (Å²) in [5.41, 5.74) is 0. The van der Waals surface area contributed by atoms with E-state index >= 15 is 0 Å². The van der Waals surface area contributed by atoms with Crippen LogP contribution in [-0.2, 0) is 11.3 Å². The molecule has 2 atom stereocenters. The van der Waals surface area contributed by atoms with Gasteiger partial charge in [0.15, 0.2) is 0 Å². The van der Waals surface area contributed by atoms with Crippen LogP contribution in [0.2, 0.25) is 0 Å². The zero-order chi connectivity index (χ0) is 12.1. The topological polar surface area (TPSA) is 47.3 Å². The SMILES string of the molecule is CCn1ccnc1C(O)CCC1CCCCO1. The highest BCUT2D eigenvalue weighted by atomic mass is 16.5. The van der Waals surface area contributed by atoms with Crippen LogP contribution in [0.1, 0.15) is 51.0 Å². The lowest BCUT2D eigenvalue weighted by molar-refractivity contribution is 0.00131. The molecule has 4 nitrogen and oxygen atoms in total. The fraction of sp³-hybridized carbons (Fsp3) is 0.769. The zero-order valence-corrected chi connectivity index (χ0v) is 10.5. The smallest absolute Gasteiger partial charge is 0.137 e. The van der Waals surface area contributed by atoms with Gasteiger partial charge in [0.05, 0.1) is 6.10 Å². The quantitative estimate of drug-likeness (QED) is 0.856.